The molecule has 0 aromatic heterocycles. The zero-order valence-corrected chi connectivity index (χ0v) is 35.9. The van der Waals surface area contributed by atoms with Gasteiger partial charge in [-0.2, -0.15) is 4.31 Å². The molecule has 0 spiro atoms. The van der Waals surface area contributed by atoms with E-state index in [0.717, 1.165) is 36.8 Å². The fraction of sp³-hybridized carbons (Fsp3) is 0.548. The first-order valence-electron chi connectivity index (χ1n) is 19.1. The van der Waals surface area contributed by atoms with E-state index in [9.17, 15) is 23.1 Å². The van der Waals surface area contributed by atoms with Crippen LogP contribution in [0.5, 0.6) is 17.2 Å². The van der Waals surface area contributed by atoms with Crippen molar-refractivity contribution in [1.82, 2.24) is 9.62 Å². The molecule has 3 N–H and O–H groups in total. The molecule has 55 heavy (non-hydrogen) atoms. The number of nitrogens with zero attached hydrogens (tertiary/aromatic N) is 1. The lowest BCUT2D eigenvalue weighted by molar-refractivity contribution is 0.0391. The lowest BCUT2D eigenvalue weighted by atomic mass is 9.86. The van der Waals surface area contributed by atoms with Crippen LogP contribution in [0.3, 0.4) is 0 Å². The number of fused-ring (bicyclic) bond motifs is 1. The maximum atomic E-state index is 14.5. The second-order valence-electron chi connectivity index (χ2n) is 17.6. The molecule has 0 fully saturated rings. The van der Waals surface area contributed by atoms with Crippen LogP contribution >= 0.6 is 0 Å². The maximum Gasteiger partial charge on any atom is 0.407 e. The fourth-order valence-corrected chi connectivity index (χ4v) is 8.71. The molecule has 11 nitrogen and oxygen atoms in total. The summed E-state index contributed by atoms with van der Waals surface area (Å²) in [4.78, 5) is 23.9. The van der Waals surface area contributed by atoms with Gasteiger partial charge in [0.25, 0.3) is 0 Å². The van der Waals surface area contributed by atoms with Crippen molar-refractivity contribution in [2.24, 2.45) is 5.41 Å². The number of aliphatic hydroxyl groups is 1. The molecule has 1 aliphatic heterocycles. The molecule has 2 atom stereocenters. The molecule has 13 heteroatoms. The number of rotatable bonds is 19. The summed E-state index contributed by atoms with van der Waals surface area (Å²) in [5, 5.41) is 14.6. The molecule has 0 bridgehead atoms. The molecule has 0 radical (unpaired) electrons. The third kappa shape index (κ3) is 13.2. The monoisotopic (exact) mass is 798 g/mol. The van der Waals surface area contributed by atoms with Gasteiger partial charge in [0, 0.05) is 19.2 Å². The summed E-state index contributed by atoms with van der Waals surface area (Å²) in [5.41, 5.74) is 0.564. The molecule has 3 aromatic carbocycles. The van der Waals surface area contributed by atoms with Gasteiger partial charge in [0.2, 0.25) is 16.8 Å². The van der Waals surface area contributed by atoms with Gasteiger partial charge in [-0.15, -0.1) is 0 Å². The second-order valence-corrected chi connectivity index (χ2v) is 24.0. The molecule has 0 saturated carbocycles. The Bertz CT molecular complexity index is 1810. The van der Waals surface area contributed by atoms with Gasteiger partial charge < -0.3 is 34.2 Å². The Kier molecular flexibility index (Phi) is 14.5. The molecular formula is C42H62N2O9SSi. The topological polar surface area (TPSA) is 144 Å². The van der Waals surface area contributed by atoms with Crippen LogP contribution in [-0.2, 0) is 27.8 Å². The van der Waals surface area contributed by atoms with Crippen molar-refractivity contribution in [3.8, 4) is 17.2 Å². The summed E-state index contributed by atoms with van der Waals surface area (Å²) in [7, 11) is -6.53. The number of carbonyl (C=O) groups excluding carboxylic acids is 1. The van der Waals surface area contributed by atoms with Gasteiger partial charge in [-0.3, -0.25) is 0 Å². The molecule has 304 valence electrons. The van der Waals surface area contributed by atoms with Crippen molar-refractivity contribution in [2.45, 2.75) is 128 Å². The van der Waals surface area contributed by atoms with Crippen molar-refractivity contribution in [2.75, 3.05) is 19.9 Å². The SMILES string of the molecule is CC(C)(CCCCC(C)(C)[Si](C)(C)O)CN(C[C@@H](O)[C@H](Cc1ccc(OCc2ccccc2)cc1)NC(=O)OC(C)(C)C)S(=O)(=O)c1ccc2c(c1)OCO2. The minimum Gasteiger partial charge on any atom is -0.489 e. The van der Waals surface area contributed by atoms with E-state index in [1.54, 1.807) is 26.8 Å². The molecule has 0 aliphatic carbocycles. The predicted octanol–water partition coefficient (Wildman–Crippen LogP) is 8.05. The highest BCUT2D eigenvalue weighted by Crippen LogP contribution is 2.41. The Morgan fingerprint density at radius 3 is 2.16 bits per heavy atom. The summed E-state index contributed by atoms with van der Waals surface area (Å²) in [6.07, 6.45) is 1.48. The summed E-state index contributed by atoms with van der Waals surface area (Å²) >= 11 is 0. The molecule has 1 amide bonds. The number of benzene rings is 3. The smallest absolute Gasteiger partial charge is 0.407 e. The Balaban J connectivity index is 1.57. The summed E-state index contributed by atoms with van der Waals surface area (Å²) in [6.45, 7) is 17.7. The first kappa shape index (κ1) is 44.1. The molecule has 0 unspecified atom stereocenters. The molecule has 3 aromatic rings. The van der Waals surface area contributed by atoms with E-state index >= 15 is 0 Å². The summed E-state index contributed by atoms with van der Waals surface area (Å²) in [5.74, 6) is 1.46. The van der Waals surface area contributed by atoms with Crippen molar-refractivity contribution >= 4 is 24.4 Å². The van der Waals surface area contributed by atoms with Gasteiger partial charge in [0.15, 0.2) is 19.8 Å². The van der Waals surface area contributed by atoms with E-state index < -0.39 is 47.6 Å². The number of unbranched alkanes of at least 4 members (excludes halogenated alkanes) is 1. The molecule has 1 aliphatic rings. The fourth-order valence-electron chi connectivity index (χ4n) is 6.26. The van der Waals surface area contributed by atoms with E-state index in [0.29, 0.717) is 23.9 Å². The molecule has 4 rings (SSSR count). The Labute approximate surface area is 329 Å². The lowest BCUT2D eigenvalue weighted by Crippen LogP contribution is -2.52. The van der Waals surface area contributed by atoms with E-state index in [1.165, 1.54) is 16.4 Å². The third-order valence-corrected chi connectivity index (χ3v) is 15.7. The van der Waals surface area contributed by atoms with Crippen molar-refractivity contribution < 1.29 is 42.1 Å². The Morgan fingerprint density at radius 2 is 1.53 bits per heavy atom. The van der Waals surface area contributed by atoms with Gasteiger partial charge in [-0.05, 0) is 99.0 Å². The number of amides is 1. The normalized spacial score (nSPS) is 14.8. The molecular weight excluding hydrogens is 737 g/mol. The first-order chi connectivity index (χ1) is 25.5. The average molecular weight is 799 g/mol. The van der Waals surface area contributed by atoms with Gasteiger partial charge in [0.05, 0.1) is 17.0 Å². The quantitative estimate of drug-likeness (QED) is 0.0811. The lowest BCUT2D eigenvalue weighted by Gasteiger charge is -2.36. The number of hydrogen-bond donors (Lipinski definition) is 3. The number of ether oxygens (including phenoxy) is 4. The Morgan fingerprint density at radius 1 is 0.891 bits per heavy atom. The maximum absolute atomic E-state index is 14.5. The van der Waals surface area contributed by atoms with Crippen LogP contribution in [-0.4, -0.2) is 74.7 Å². The first-order valence-corrected chi connectivity index (χ1v) is 23.5. The van der Waals surface area contributed by atoms with Gasteiger partial charge in [-0.25, -0.2) is 13.2 Å². The minimum atomic E-state index is -4.17. The highest BCUT2D eigenvalue weighted by atomic mass is 32.2. The number of alkyl carbamates (subject to hydrolysis) is 1. The number of sulfonamides is 1. The average Bonchev–Trinajstić information content (AvgIpc) is 3.57. The van der Waals surface area contributed by atoms with E-state index in [-0.39, 0.29) is 36.2 Å². The standard InChI is InChI=1S/C42H62N2O9SSi/c1-40(2,3)53-39(46)43-35(25-31-17-19-33(20-18-31)50-28-32-15-11-10-12-16-32)36(45)27-44(54(47,48)34-21-22-37-38(26-34)52-30-51-37)29-41(4,5)23-13-14-24-42(6,7)55(8,9)49/h10-12,15-22,26,35-36,45,49H,13-14,23-25,27-30H2,1-9H3,(H,43,46)/t35-,36+/m0/s1. The van der Waals surface area contributed by atoms with E-state index in [2.05, 4.69) is 19.2 Å². The van der Waals surface area contributed by atoms with Crippen molar-refractivity contribution in [1.29, 1.82) is 0 Å². The number of aliphatic hydroxyl groups excluding tert-OH is 1. The van der Waals surface area contributed by atoms with Crippen LogP contribution in [0.15, 0.2) is 77.7 Å². The zero-order valence-electron chi connectivity index (χ0n) is 34.1. The summed E-state index contributed by atoms with van der Waals surface area (Å²) < 4.78 is 52.7. The Hall–Kier alpha value is -3.62. The van der Waals surface area contributed by atoms with E-state index in [1.807, 2.05) is 81.5 Å². The highest BCUT2D eigenvalue weighted by molar-refractivity contribution is 7.89. The van der Waals surface area contributed by atoms with Crippen LogP contribution in [0.4, 0.5) is 4.79 Å². The largest absolute Gasteiger partial charge is 0.489 e. The summed E-state index contributed by atoms with van der Waals surface area (Å²) in [6, 6.07) is 20.8. The third-order valence-electron chi connectivity index (χ3n) is 10.3. The minimum absolute atomic E-state index is 0.000796. The molecule has 1 heterocycles. The van der Waals surface area contributed by atoms with Crippen molar-refractivity contribution in [3.05, 3.63) is 83.9 Å². The van der Waals surface area contributed by atoms with Crippen molar-refractivity contribution in [3.63, 3.8) is 0 Å². The van der Waals surface area contributed by atoms with Crippen LogP contribution in [0, 0.1) is 5.41 Å². The van der Waals surface area contributed by atoms with Gasteiger partial charge >= 0.3 is 6.09 Å². The second kappa shape index (κ2) is 18.1. The number of carbonyl (C=O) groups is 1. The number of hydrogen-bond acceptors (Lipinski definition) is 9. The van der Waals surface area contributed by atoms with Gasteiger partial charge in [0.1, 0.15) is 18.0 Å². The van der Waals surface area contributed by atoms with Crippen LogP contribution < -0.4 is 19.5 Å². The molecule has 0 saturated heterocycles. The van der Waals surface area contributed by atoms with Crippen LogP contribution in [0.25, 0.3) is 0 Å². The van der Waals surface area contributed by atoms with Crippen LogP contribution in [0.2, 0.25) is 18.1 Å². The number of nitrogens with one attached hydrogen (secondary N) is 1. The van der Waals surface area contributed by atoms with Gasteiger partial charge in [-0.1, -0.05) is 83.0 Å². The highest BCUT2D eigenvalue weighted by Gasteiger charge is 2.38. The van der Waals surface area contributed by atoms with Crippen LogP contribution in [0.1, 0.15) is 85.3 Å². The zero-order chi connectivity index (χ0) is 40.7. The predicted molar refractivity (Wildman–Crippen MR) is 217 cm³/mol. The van der Waals surface area contributed by atoms with E-state index in [4.69, 9.17) is 18.9 Å².